The second-order valence-corrected chi connectivity index (χ2v) is 5.23. The summed E-state index contributed by atoms with van der Waals surface area (Å²) in [5, 5.41) is 11.9. The Morgan fingerprint density at radius 1 is 1.29 bits per heavy atom. The number of benzene rings is 1. The Hall–Kier alpha value is -1.21. The summed E-state index contributed by atoms with van der Waals surface area (Å²) in [7, 11) is 1.45. The standard InChI is InChI=1S/C12H13Cl3N2O4/c1-21-3-2-17(6-10(18)19)12(20)16-11-8(14)4-7(13)5-9(11)15/h4-5H,2-3,6H2,1H3,(H,16,20)(H,18,19). The first-order chi connectivity index (χ1) is 9.85. The summed E-state index contributed by atoms with van der Waals surface area (Å²) in [5.74, 6) is -1.14. The van der Waals surface area contributed by atoms with Crippen LogP contribution < -0.4 is 5.32 Å². The molecule has 2 amide bonds. The monoisotopic (exact) mass is 354 g/mol. The molecular formula is C12H13Cl3N2O4. The lowest BCUT2D eigenvalue weighted by atomic mass is 10.3. The summed E-state index contributed by atoms with van der Waals surface area (Å²) < 4.78 is 4.83. The van der Waals surface area contributed by atoms with E-state index in [1.807, 2.05) is 0 Å². The number of urea groups is 1. The molecule has 0 aromatic heterocycles. The third-order valence-corrected chi connectivity index (χ3v) is 3.23. The van der Waals surface area contributed by atoms with Crippen LogP contribution in [-0.4, -0.2) is 48.8 Å². The van der Waals surface area contributed by atoms with Crippen molar-refractivity contribution in [1.82, 2.24) is 4.90 Å². The third-order valence-electron chi connectivity index (χ3n) is 2.42. The van der Waals surface area contributed by atoms with Crippen LogP contribution in [0.25, 0.3) is 0 Å². The molecule has 116 valence electrons. The van der Waals surface area contributed by atoms with Gasteiger partial charge in [0.1, 0.15) is 6.54 Å². The van der Waals surface area contributed by atoms with Crippen LogP contribution >= 0.6 is 34.8 Å². The molecule has 0 aliphatic rings. The van der Waals surface area contributed by atoms with Gasteiger partial charge >= 0.3 is 12.0 Å². The fourth-order valence-electron chi connectivity index (χ4n) is 1.46. The van der Waals surface area contributed by atoms with Crippen molar-refractivity contribution in [2.24, 2.45) is 0 Å². The lowest BCUT2D eigenvalue weighted by Crippen LogP contribution is -2.40. The van der Waals surface area contributed by atoms with E-state index in [0.29, 0.717) is 5.02 Å². The summed E-state index contributed by atoms with van der Waals surface area (Å²) in [5.41, 5.74) is 0.167. The molecule has 0 heterocycles. The van der Waals surface area contributed by atoms with Gasteiger partial charge in [-0.1, -0.05) is 34.8 Å². The summed E-state index contributed by atoms with van der Waals surface area (Å²) in [6.45, 7) is -0.168. The first-order valence-electron chi connectivity index (χ1n) is 5.76. The number of carbonyl (C=O) groups excluding carboxylic acids is 1. The highest BCUT2D eigenvalue weighted by Gasteiger charge is 2.19. The second kappa shape index (κ2) is 8.29. The number of rotatable bonds is 6. The number of nitrogens with zero attached hydrogens (tertiary/aromatic N) is 1. The smallest absolute Gasteiger partial charge is 0.323 e. The van der Waals surface area contributed by atoms with Gasteiger partial charge in [0, 0.05) is 18.7 Å². The van der Waals surface area contributed by atoms with Gasteiger partial charge in [0.15, 0.2) is 0 Å². The van der Waals surface area contributed by atoms with Crippen LogP contribution in [0.5, 0.6) is 0 Å². The summed E-state index contributed by atoms with van der Waals surface area (Å²) in [6.07, 6.45) is 0. The zero-order valence-electron chi connectivity index (χ0n) is 11.0. The zero-order chi connectivity index (χ0) is 16.0. The van der Waals surface area contributed by atoms with Crippen molar-refractivity contribution in [2.45, 2.75) is 0 Å². The van der Waals surface area contributed by atoms with E-state index >= 15 is 0 Å². The van der Waals surface area contributed by atoms with Crippen LogP contribution in [0.2, 0.25) is 15.1 Å². The molecule has 1 aromatic carbocycles. The summed E-state index contributed by atoms with van der Waals surface area (Å²) in [6, 6.07) is 2.18. The van der Waals surface area contributed by atoms with Gasteiger partial charge in [-0.15, -0.1) is 0 Å². The molecule has 0 saturated heterocycles. The number of carbonyl (C=O) groups is 2. The van der Waals surface area contributed by atoms with Crippen LogP contribution in [0.15, 0.2) is 12.1 Å². The number of halogens is 3. The predicted molar refractivity (Wildman–Crippen MR) is 81.6 cm³/mol. The Kier molecular flexibility index (Phi) is 7.04. The molecule has 0 saturated carbocycles. The van der Waals surface area contributed by atoms with E-state index in [-0.39, 0.29) is 28.9 Å². The highest BCUT2D eigenvalue weighted by atomic mass is 35.5. The van der Waals surface area contributed by atoms with Crippen LogP contribution in [0.4, 0.5) is 10.5 Å². The molecule has 21 heavy (non-hydrogen) atoms. The van der Waals surface area contributed by atoms with Crippen LogP contribution in [-0.2, 0) is 9.53 Å². The number of aliphatic carboxylic acids is 1. The molecule has 1 rings (SSSR count). The number of ether oxygens (including phenoxy) is 1. The van der Waals surface area contributed by atoms with Crippen molar-refractivity contribution in [3.63, 3.8) is 0 Å². The Labute approximate surface area is 136 Å². The zero-order valence-corrected chi connectivity index (χ0v) is 13.3. The number of hydrogen-bond acceptors (Lipinski definition) is 3. The number of amides is 2. The van der Waals surface area contributed by atoms with Crippen molar-refractivity contribution >= 4 is 52.5 Å². The number of hydrogen-bond donors (Lipinski definition) is 2. The first kappa shape index (κ1) is 17.8. The number of anilines is 1. The maximum atomic E-state index is 12.1. The molecule has 6 nitrogen and oxygen atoms in total. The van der Waals surface area contributed by atoms with Crippen molar-refractivity contribution in [3.05, 3.63) is 27.2 Å². The largest absolute Gasteiger partial charge is 0.480 e. The van der Waals surface area contributed by atoms with E-state index in [1.165, 1.54) is 19.2 Å². The summed E-state index contributed by atoms with van der Waals surface area (Å²) >= 11 is 17.7. The molecule has 2 N–H and O–H groups in total. The lowest BCUT2D eigenvalue weighted by molar-refractivity contribution is -0.137. The Morgan fingerprint density at radius 2 is 1.86 bits per heavy atom. The van der Waals surface area contributed by atoms with Gasteiger partial charge in [-0.3, -0.25) is 4.79 Å². The minimum Gasteiger partial charge on any atom is -0.480 e. The number of methoxy groups -OCH3 is 1. The van der Waals surface area contributed by atoms with Gasteiger partial charge in [-0.05, 0) is 12.1 Å². The van der Waals surface area contributed by atoms with Gasteiger partial charge in [0.25, 0.3) is 0 Å². The van der Waals surface area contributed by atoms with E-state index in [2.05, 4.69) is 5.32 Å². The van der Waals surface area contributed by atoms with Crippen LogP contribution in [0.1, 0.15) is 0 Å². The summed E-state index contributed by atoms with van der Waals surface area (Å²) in [4.78, 5) is 23.9. The first-order valence-corrected chi connectivity index (χ1v) is 6.89. The Morgan fingerprint density at radius 3 is 2.33 bits per heavy atom. The van der Waals surface area contributed by atoms with E-state index in [4.69, 9.17) is 44.6 Å². The predicted octanol–water partition coefficient (Wildman–Crippen LogP) is 3.21. The van der Waals surface area contributed by atoms with Gasteiger partial charge in [-0.2, -0.15) is 0 Å². The SMILES string of the molecule is COCCN(CC(=O)O)C(=O)Nc1c(Cl)cc(Cl)cc1Cl. The number of carboxylic acids is 1. The molecule has 0 aliphatic carbocycles. The lowest BCUT2D eigenvalue weighted by Gasteiger charge is -2.21. The second-order valence-electron chi connectivity index (χ2n) is 3.98. The Balaban J connectivity index is 2.88. The molecule has 0 aliphatic heterocycles. The van der Waals surface area contributed by atoms with Crippen molar-refractivity contribution in [3.8, 4) is 0 Å². The van der Waals surface area contributed by atoms with Gasteiger partial charge < -0.3 is 20.1 Å². The topological polar surface area (TPSA) is 78.9 Å². The van der Waals surface area contributed by atoms with Crippen LogP contribution in [0.3, 0.4) is 0 Å². The number of nitrogens with one attached hydrogen (secondary N) is 1. The molecular weight excluding hydrogens is 343 g/mol. The fourth-order valence-corrected chi connectivity index (χ4v) is 2.38. The Bertz CT molecular complexity index is 516. The van der Waals surface area contributed by atoms with Crippen LogP contribution in [0, 0.1) is 0 Å². The van der Waals surface area contributed by atoms with Crippen molar-refractivity contribution in [2.75, 3.05) is 32.1 Å². The average Bonchev–Trinajstić information content (AvgIpc) is 2.38. The maximum absolute atomic E-state index is 12.1. The third kappa shape index (κ3) is 5.59. The van der Waals surface area contributed by atoms with Gasteiger partial charge in [0.2, 0.25) is 0 Å². The molecule has 0 fully saturated rings. The van der Waals surface area contributed by atoms with E-state index < -0.39 is 18.5 Å². The van der Waals surface area contributed by atoms with Crippen molar-refractivity contribution in [1.29, 1.82) is 0 Å². The van der Waals surface area contributed by atoms with Gasteiger partial charge in [0.05, 0.1) is 22.3 Å². The minimum atomic E-state index is -1.14. The molecule has 0 spiro atoms. The van der Waals surface area contributed by atoms with Gasteiger partial charge in [-0.25, -0.2) is 4.79 Å². The average molecular weight is 356 g/mol. The fraction of sp³-hybridized carbons (Fsp3) is 0.333. The quantitative estimate of drug-likeness (QED) is 0.821. The molecule has 9 heteroatoms. The molecule has 0 atom stereocenters. The molecule has 0 radical (unpaired) electrons. The highest BCUT2D eigenvalue weighted by Crippen LogP contribution is 2.33. The van der Waals surface area contributed by atoms with Crippen molar-refractivity contribution < 1.29 is 19.4 Å². The normalized spacial score (nSPS) is 10.3. The minimum absolute atomic E-state index is 0.109. The van der Waals surface area contributed by atoms with E-state index in [9.17, 15) is 9.59 Å². The van der Waals surface area contributed by atoms with E-state index in [0.717, 1.165) is 4.90 Å². The molecule has 1 aromatic rings. The molecule has 0 unspecified atom stereocenters. The number of carboxylic acid groups (broad SMARTS) is 1. The molecule has 0 bridgehead atoms. The maximum Gasteiger partial charge on any atom is 0.323 e. The van der Waals surface area contributed by atoms with E-state index in [1.54, 1.807) is 0 Å². The highest BCUT2D eigenvalue weighted by molar-refractivity contribution is 6.42.